The van der Waals surface area contributed by atoms with Crippen LogP contribution in [0.2, 0.25) is 5.02 Å². The quantitative estimate of drug-likeness (QED) is 0.648. The monoisotopic (exact) mass is 363 g/mol. The number of amides is 1. The normalized spacial score (nSPS) is 11.6. The molecule has 4 nitrogen and oxygen atoms in total. The van der Waals surface area contributed by atoms with Crippen molar-refractivity contribution in [3.05, 3.63) is 52.1 Å². The second-order valence-corrected chi connectivity index (χ2v) is 5.47. The van der Waals surface area contributed by atoms with Crippen LogP contribution in [0.4, 0.5) is 17.6 Å². The SMILES string of the molecule is Cc1c(Cl)c(C(F)(F)F)nn1CCCNC(=O)c1cccc(F)c1. The molecule has 1 amide bonds. The van der Waals surface area contributed by atoms with E-state index < -0.39 is 28.6 Å². The number of aryl methyl sites for hydroxylation is 1. The number of aromatic nitrogens is 2. The molecule has 1 aromatic heterocycles. The van der Waals surface area contributed by atoms with Gasteiger partial charge in [-0.3, -0.25) is 9.48 Å². The number of carbonyl (C=O) groups excluding carboxylic acids is 1. The lowest BCUT2D eigenvalue weighted by Gasteiger charge is -2.07. The highest BCUT2D eigenvalue weighted by atomic mass is 35.5. The zero-order valence-electron chi connectivity index (χ0n) is 12.6. The van der Waals surface area contributed by atoms with Crippen molar-refractivity contribution < 1.29 is 22.4 Å². The predicted octanol–water partition coefficient (Wildman–Crippen LogP) is 3.82. The summed E-state index contributed by atoms with van der Waals surface area (Å²) in [6.07, 6.45) is -4.27. The van der Waals surface area contributed by atoms with Crippen molar-refractivity contribution in [2.75, 3.05) is 6.54 Å². The van der Waals surface area contributed by atoms with Crippen molar-refractivity contribution in [2.45, 2.75) is 26.1 Å². The van der Waals surface area contributed by atoms with E-state index in [-0.39, 0.29) is 24.3 Å². The molecule has 0 radical (unpaired) electrons. The summed E-state index contributed by atoms with van der Waals surface area (Å²) in [6.45, 7) is 1.80. The van der Waals surface area contributed by atoms with E-state index in [0.29, 0.717) is 6.42 Å². The largest absolute Gasteiger partial charge is 0.436 e. The maximum Gasteiger partial charge on any atom is 0.436 e. The Labute approximate surface area is 140 Å². The summed E-state index contributed by atoms with van der Waals surface area (Å²) in [5, 5.41) is 5.61. The Morgan fingerprint density at radius 2 is 2.08 bits per heavy atom. The van der Waals surface area contributed by atoms with Gasteiger partial charge in [-0.2, -0.15) is 18.3 Å². The first-order chi connectivity index (χ1) is 11.2. The summed E-state index contributed by atoms with van der Waals surface area (Å²) in [6, 6.07) is 5.20. The number of benzene rings is 1. The predicted molar refractivity (Wildman–Crippen MR) is 80.3 cm³/mol. The molecule has 130 valence electrons. The van der Waals surface area contributed by atoms with Crippen molar-refractivity contribution in [1.29, 1.82) is 0 Å². The average molecular weight is 364 g/mol. The van der Waals surface area contributed by atoms with Crippen molar-refractivity contribution in [2.24, 2.45) is 0 Å². The van der Waals surface area contributed by atoms with Gasteiger partial charge in [-0.1, -0.05) is 17.7 Å². The summed E-state index contributed by atoms with van der Waals surface area (Å²) >= 11 is 5.65. The minimum absolute atomic E-state index is 0.158. The third kappa shape index (κ3) is 4.25. The molecule has 1 N–H and O–H groups in total. The number of alkyl halides is 3. The summed E-state index contributed by atoms with van der Waals surface area (Å²) in [5.74, 6) is -0.982. The highest BCUT2D eigenvalue weighted by Crippen LogP contribution is 2.35. The van der Waals surface area contributed by atoms with Crippen molar-refractivity contribution in [1.82, 2.24) is 15.1 Å². The van der Waals surface area contributed by atoms with Gasteiger partial charge < -0.3 is 5.32 Å². The molecular weight excluding hydrogens is 350 g/mol. The zero-order chi connectivity index (χ0) is 17.9. The van der Waals surface area contributed by atoms with E-state index in [4.69, 9.17) is 11.6 Å². The maximum atomic E-state index is 13.0. The highest BCUT2D eigenvalue weighted by Gasteiger charge is 2.38. The number of hydrogen-bond acceptors (Lipinski definition) is 2. The average Bonchev–Trinajstić information content (AvgIpc) is 2.79. The van der Waals surface area contributed by atoms with Crippen LogP contribution in [-0.2, 0) is 12.7 Å². The Kier molecular flexibility index (Phi) is 5.48. The van der Waals surface area contributed by atoms with Crippen LogP contribution in [0.25, 0.3) is 0 Å². The first-order valence-electron chi connectivity index (χ1n) is 7.04. The molecule has 0 bridgehead atoms. The first kappa shape index (κ1) is 18.3. The molecule has 0 fully saturated rings. The van der Waals surface area contributed by atoms with E-state index in [0.717, 1.165) is 10.7 Å². The van der Waals surface area contributed by atoms with Gasteiger partial charge in [0.1, 0.15) is 5.82 Å². The van der Waals surface area contributed by atoms with E-state index in [1.807, 2.05) is 0 Å². The molecule has 9 heteroatoms. The summed E-state index contributed by atoms with van der Waals surface area (Å²) in [5.41, 5.74) is -0.737. The molecule has 24 heavy (non-hydrogen) atoms. The van der Waals surface area contributed by atoms with Gasteiger partial charge in [-0.05, 0) is 31.5 Å². The first-order valence-corrected chi connectivity index (χ1v) is 7.42. The van der Waals surface area contributed by atoms with Crippen LogP contribution in [0.15, 0.2) is 24.3 Å². The summed E-state index contributed by atoms with van der Waals surface area (Å²) in [4.78, 5) is 11.8. The third-order valence-corrected chi connectivity index (χ3v) is 3.77. The maximum absolute atomic E-state index is 13.0. The van der Waals surface area contributed by atoms with Gasteiger partial charge >= 0.3 is 6.18 Å². The summed E-state index contributed by atoms with van der Waals surface area (Å²) < 4.78 is 52.3. The van der Waals surface area contributed by atoms with E-state index >= 15 is 0 Å². The lowest BCUT2D eigenvalue weighted by atomic mass is 10.2. The van der Waals surface area contributed by atoms with Gasteiger partial charge in [-0.25, -0.2) is 4.39 Å². The molecule has 1 aromatic carbocycles. The standard InChI is InChI=1S/C15H14ClF4N3O/c1-9-12(16)13(15(18,19)20)22-23(9)7-3-6-21-14(24)10-4-2-5-11(17)8-10/h2,4-5,8H,3,6-7H2,1H3,(H,21,24). The number of rotatable bonds is 5. The molecule has 1 heterocycles. The smallest absolute Gasteiger partial charge is 0.352 e. The number of nitrogens with zero attached hydrogens (tertiary/aromatic N) is 2. The fraction of sp³-hybridized carbons (Fsp3) is 0.333. The molecule has 0 aliphatic heterocycles. The minimum Gasteiger partial charge on any atom is -0.352 e. The Hall–Kier alpha value is -2.09. The molecule has 0 saturated heterocycles. The van der Waals surface area contributed by atoms with Gasteiger partial charge in [-0.15, -0.1) is 0 Å². The Morgan fingerprint density at radius 1 is 1.38 bits per heavy atom. The van der Waals surface area contributed by atoms with Gasteiger partial charge in [0.25, 0.3) is 5.91 Å². The van der Waals surface area contributed by atoms with Crippen LogP contribution in [0.5, 0.6) is 0 Å². The van der Waals surface area contributed by atoms with E-state index in [1.165, 1.54) is 25.1 Å². The molecule has 0 aliphatic rings. The summed E-state index contributed by atoms with van der Waals surface area (Å²) in [7, 11) is 0. The highest BCUT2D eigenvalue weighted by molar-refractivity contribution is 6.31. The second-order valence-electron chi connectivity index (χ2n) is 5.09. The number of nitrogens with one attached hydrogen (secondary N) is 1. The topological polar surface area (TPSA) is 46.9 Å². The molecule has 0 aliphatic carbocycles. The Bertz CT molecular complexity index is 743. The second kappa shape index (κ2) is 7.21. The lowest BCUT2D eigenvalue weighted by Crippen LogP contribution is -2.25. The van der Waals surface area contributed by atoms with Crippen molar-refractivity contribution >= 4 is 17.5 Å². The molecule has 2 aromatic rings. The van der Waals surface area contributed by atoms with Crippen LogP contribution in [0, 0.1) is 12.7 Å². The van der Waals surface area contributed by atoms with Crippen molar-refractivity contribution in [3.8, 4) is 0 Å². The van der Waals surface area contributed by atoms with Crippen LogP contribution in [0.1, 0.15) is 28.2 Å². The lowest BCUT2D eigenvalue weighted by molar-refractivity contribution is -0.141. The molecule has 0 saturated carbocycles. The third-order valence-electron chi connectivity index (χ3n) is 3.32. The van der Waals surface area contributed by atoms with Gasteiger partial charge in [0.2, 0.25) is 0 Å². The van der Waals surface area contributed by atoms with Crippen LogP contribution >= 0.6 is 11.6 Å². The Morgan fingerprint density at radius 3 is 2.67 bits per heavy atom. The van der Waals surface area contributed by atoms with Crippen molar-refractivity contribution in [3.63, 3.8) is 0 Å². The fourth-order valence-corrected chi connectivity index (χ4v) is 2.33. The Balaban J connectivity index is 1.90. The van der Waals surface area contributed by atoms with Crippen LogP contribution in [-0.4, -0.2) is 22.2 Å². The minimum atomic E-state index is -4.61. The molecule has 0 spiro atoms. The number of hydrogen-bond donors (Lipinski definition) is 1. The molecular formula is C15H14ClF4N3O. The van der Waals surface area contributed by atoms with Gasteiger partial charge in [0.05, 0.1) is 10.7 Å². The fourth-order valence-electron chi connectivity index (χ4n) is 2.09. The molecule has 0 unspecified atom stereocenters. The van der Waals surface area contributed by atoms with E-state index in [9.17, 15) is 22.4 Å². The van der Waals surface area contributed by atoms with Gasteiger partial charge in [0, 0.05) is 18.7 Å². The number of carbonyl (C=O) groups is 1. The van der Waals surface area contributed by atoms with E-state index in [2.05, 4.69) is 10.4 Å². The molecule has 0 atom stereocenters. The molecule has 2 rings (SSSR count). The van der Waals surface area contributed by atoms with E-state index in [1.54, 1.807) is 0 Å². The zero-order valence-corrected chi connectivity index (χ0v) is 13.4. The number of halogens is 5. The van der Waals surface area contributed by atoms with Crippen LogP contribution in [0.3, 0.4) is 0 Å². The van der Waals surface area contributed by atoms with Crippen LogP contribution < -0.4 is 5.32 Å². The van der Waals surface area contributed by atoms with Gasteiger partial charge in [0.15, 0.2) is 5.69 Å².